The molecule has 0 bridgehead atoms. The van der Waals surface area contributed by atoms with Crippen LogP contribution in [0.1, 0.15) is 33.0 Å². The van der Waals surface area contributed by atoms with Gasteiger partial charge in [-0.1, -0.05) is 13.0 Å². The molecule has 0 spiro atoms. The highest BCUT2D eigenvalue weighted by molar-refractivity contribution is 7.93. The Bertz CT molecular complexity index is 1050. The second-order valence-electron chi connectivity index (χ2n) is 6.38. The first-order chi connectivity index (χ1) is 15.4. The third-order valence-electron chi connectivity index (χ3n) is 4.07. The molecule has 0 aliphatic rings. The van der Waals surface area contributed by atoms with Crippen molar-refractivity contribution in [2.45, 2.75) is 39.6 Å². The van der Waals surface area contributed by atoms with Gasteiger partial charge in [0, 0.05) is 19.2 Å². The second kappa shape index (κ2) is 12.2. The fourth-order valence-corrected chi connectivity index (χ4v) is 2.94. The molecule has 0 unspecified atom stereocenters. The van der Waals surface area contributed by atoms with Crippen molar-refractivity contribution >= 4 is 33.0 Å². The van der Waals surface area contributed by atoms with E-state index in [1.54, 1.807) is 11.8 Å². The quantitative estimate of drug-likeness (QED) is 0.366. The standard InChI is InChI=1S/C15H20F3N7O3S.C4H8/c1-5-25(6-2)12-7-11(24-29(26,27)15(16,17)18)10(8-13(12)28-4)21-23-14-19-9(3)20-22-14;1-3-4-2/h7-8,24H,5-6H2,1-4H3,(H,19,20,22);3H,1,4H2,2H3. The van der Waals surface area contributed by atoms with E-state index in [-0.39, 0.29) is 17.4 Å². The molecule has 0 saturated heterocycles. The molecule has 1 aromatic carbocycles. The summed E-state index contributed by atoms with van der Waals surface area (Å²) in [4.78, 5) is 5.68. The van der Waals surface area contributed by atoms with Gasteiger partial charge in [0.15, 0.2) is 0 Å². The summed E-state index contributed by atoms with van der Waals surface area (Å²) in [6, 6.07) is 2.50. The normalized spacial score (nSPS) is 11.6. The van der Waals surface area contributed by atoms with Crippen molar-refractivity contribution in [2.75, 3.05) is 29.8 Å². The van der Waals surface area contributed by atoms with E-state index in [4.69, 9.17) is 4.74 Å². The lowest BCUT2D eigenvalue weighted by Crippen LogP contribution is -2.30. The van der Waals surface area contributed by atoms with E-state index in [1.165, 1.54) is 24.0 Å². The van der Waals surface area contributed by atoms with Crippen LogP contribution < -0.4 is 14.4 Å². The molecule has 1 heterocycles. The number of H-pyrrole nitrogens is 1. The molecule has 2 aromatic rings. The summed E-state index contributed by atoms with van der Waals surface area (Å²) in [6.07, 6.45) is 2.96. The summed E-state index contributed by atoms with van der Waals surface area (Å²) in [5.74, 6) is 0.661. The first-order valence-electron chi connectivity index (χ1n) is 9.91. The number of sulfonamides is 1. The number of hydrogen-bond acceptors (Lipinski definition) is 8. The van der Waals surface area contributed by atoms with Gasteiger partial charge in [-0.2, -0.15) is 26.6 Å². The van der Waals surface area contributed by atoms with E-state index in [1.807, 2.05) is 19.9 Å². The van der Waals surface area contributed by atoms with E-state index in [0.717, 1.165) is 6.42 Å². The van der Waals surface area contributed by atoms with Crippen LogP contribution in [0.15, 0.2) is 35.0 Å². The molecule has 2 N–H and O–H groups in total. The van der Waals surface area contributed by atoms with Crippen molar-refractivity contribution in [1.29, 1.82) is 0 Å². The number of methoxy groups -OCH3 is 1. The number of benzene rings is 1. The summed E-state index contributed by atoms with van der Waals surface area (Å²) < 4.78 is 68.7. The van der Waals surface area contributed by atoms with Crippen LogP contribution >= 0.6 is 0 Å². The lowest BCUT2D eigenvalue weighted by atomic mass is 10.2. The molecule has 0 aliphatic carbocycles. The number of anilines is 2. The lowest BCUT2D eigenvalue weighted by molar-refractivity contribution is -0.0429. The van der Waals surface area contributed by atoms with Crippen LogP contribution in [-0.4, -0.2) is 49.3 Å². The van der Waals surface area contributed by atoms with Crippen molar-refractivity contribution in [1.82, 2.24) is 15.2 Å². The van der Waals surface area contributed by atoms with E-state index in [0.29, 0.717) is 24.6 Å². The number of aryl methyl sites for hydroxylation is 1. The van der Waals surface area contributed by atoms with Crippen LogP contribution in [0.3, 0.4) is 0 Å². The van der Waals surface area contributed by atoms with E-state index < -0.39 is 21.2 Å². The largest absolute Gasteiger partial charge is 0.516 e. The highest BCUT2D eigenvalue weighted by Crippen LogP contribution is 2.40. The van der Waals surface area contributed by atoms with Crippen molar-refractivity contribution in [2.24, 2.45) is 10.2 Å². The van der Waals surface area contributed by atoms with Gasteiger partial charge in [-0.15, -0.1) is 21.9 Å². The first-order valence-corrected chi connectivity index (χ1v) is 11.4. The minimum atomic E-state index is -5.68. The molecule has 1 aromatic heterocycles. The summed E-state index contributed by atoms with van der Waals surface area (Å²) in [7, 11) is -4.30. The molecule has 2 rings (SSSR count). The maximum Gasteiger partial charge on any atom is 0.516 e. The van der Waals surface area contributed by atoms with Gasteiger partial charge in [0.25, 0.3) is 5.95 Å². The van der Waals surface area contributed by atoms with Crippen LogP contribution in [-0.2, 0) is 10.0 Å². The minimum absolute atomic E-state index is 0.0704. The van der Waals surface area contributed by atoms with Crippen LogP contribution in [0.5, 0.6) is 5.75 Å². The number of nitrogens with zero attached hydrogens (tertiary/aromatic N) is 5. The van der Waals surface area contributed by atoms with Gasteiger partial charge in [0.05, 0.1) is 18.5 Å². The molecule has 0 atom stereocenters. The fourth-order valence-electron chi connectivity index (χ4n) is 2.37. The van der Waals surface area contributed by atoms with Crippen LogP contribution in [0, 0.1) is 6.92 Å². The number of allylic oxidation sites excluding steroid dienone is 1. The summed E-state index contributed by atoms with van der Waals surface area (Å²) in [6.45, 7) is 11.9. The zero-order valence-corrected chi connectivity index (χ0v) is 19.9. The predicted octanol–water partition coefficient (Wildman–Crippen LogP) is 5.23. The number of azo groups is 1. The predicted molar refractivity (Wildman–Crippen MR) is 121 cm³/mol. The maximum atomic E-state index is 12.9. The highest BCUT2D eigenvalue weighted by atomic mass is 32.2. The monoisotopic (exact) mass is 491 g/mol. The van der Waals surface area contributed by atoms with E-state index in [2.05, 4.69) is 38.9 Å². The van der Waals surface area contributed by atoms with Gasteiger partial charge in [-0.05, 0) is 33.3 Å². The summed E-state index contributed by atoms with van der Waals surface area (Å²) in [5, 5.41) is 13.8. The Morgan fingerprint density at radius 1 is 1.24 bits per heavy atom. The van der Waals surface area contributed by atoms with Gasteiger partial charge in [-0.25, -0.2) is 0 Å². The highest BCUT2D eigenvalue weighted by Gasteiger charge is 2.46. The number of nitrogens with one attached hydrogen (secondary N) is 2. The van der Waals surface area contributed by atoms with Crippen molar-refractivity contribution in [3.8, 4) is 5.75 Å². The summed E-state index contributed by atoms with van der Waals surface area (Å²) >= 11 is 0. The van der Waals surface area contributed by atoms with Crippen LogP contribution in [0.25, 0.3) is 0 Å². The van der Waals surface area contributed by atoms with Crippen molar-refractivity contribution in [3.05, 3.63) is 30.6 Å². The van der Waals surface area contributed by atoms with Gasteiger partial charge < -0.3 is 9.64 Å². The number of aromatic nitrogens is 3. The Kier molecular flexibility index (Phi) is 10.3. The molecule has 0 radical (unpaired) electrons. The Morgan fingerprint density at radius 2 is 1.85 bits per heavy atom. The van der Waals surface area contributed by atoms with Crippen LogP contribution in [0.4, 0.5) is 36.2 Å². The molecule has 33 heavy (non-hydrogen) atoms. The van der Waals surface area contributed by atoms with Crippen molar-refractivity contribution < 1.29 is 26.3 Å². The second-order valence-corrected chi connectivity index (χ2v) is 8.06. The number of ether oxygens (including phenoxy) is 1. The molecular weight excluding hydrogens is 463 g/mol. The Morgan fingerprint density at radius 3 is 2.27 bits per heavy atom. The van der Waals surface area contributed by atoms with Crippen molar-refractivity contribution in [3.63, 3.8) is 0 Å². The third-order valence-corrected chi connectivity index (χ3v) is 5.17. The molecule has 0 amide bonds. The summed E-state index contributed by atoms with van der Waals surface area (Å²) in [5.41, 5.74) is -5.73. The number of hydrogen-bond donors (Lipinski definition) is 2. The van der Waals surface area contributed by atoms with E-state index >= 15 is 0 Å². The number of halogens is 3. The average molecular weight is 492 g/mol. The minimum Gasteiger partial charge on any atom is -0.494 e. The fraction of sp³-hybridized carbons (Fsp3) is 0.474. The molecule has 184 valence electrons. The SMILES string of the molecule is C=CCC.CCN(CC)c1cc(NS(=O)(=O)C(F)(F)F)c(N=Nc2n[nH]c(C)n2)cc1OC. The molecular formula is C19H28F3N7O3S. The van der Waals surface area contributed by atoms with Gasteiger partial charge in [0.1, 0.15) is 17.3 Å². The average Bonchev–Trinajstić information content (AvgIpc) is 3.18. The molecule has 10 nitrogen and oxygen atoms in total. The zero-order valence-electron chi connectivity index (χ0n) is 19.1. The van der Waals surface area contributed by atoms with Gasteiger partial charge >= 0.3 is 15.5 Å². The zero-order chi connectivity index (χ0) is 25.2. The maximum absolute atomic E-state index is 12.9. The van der Waals surface area contributed by atoms with Gasteiger partial charge in [0.2, 0.25) is 0 Å². The first kappa shape index (κ1) is 27.9. The molecule has 14 heteroatoms. The number of aromatic amines is 1. The number of alkyl halides is 3. The third kappa shape index (κ3) is 7.73. The molecule has 0 aliphatic heterocycles. The smallest absolute Gasteiger partial charge is 0.494 e. The topological polar surface area (TPSA) is 125 Å². The Hall–Kier alpha value is -3.16. The Balaban J connectivity index is 0.00000125. The van der Waals surface area contributed by atoms with Gasteiger partial charge in [-0.3, -0.25) is 9.82 Å². The Labute approximate surface area is 191 Å². The lowest BCUT2D eigenvalue weighted by Gasteiger charge is -2.25. The van der Waals surface area contributed by atoms with E-state index in [9.17, 15) is 21.6 Å². The number of rotatable bonds is 9. The van der Waals surface area contributed by atoms with Crippen LogP contribution in [0.2, 0.25) is 0 Å². The molecule has 0 saturated carbocycles. The molecule has 0 fully saturated rings.